The number of rotatable bonds is 3. The lowest BCUT2D eigenvalue weighted by atomic mass is 10.1. The number of para-hydroxylation sites is 2. The molecule has 1 heterocycles. The Morgan fingerprint density at radius 1 is 0.962 bits per heavy atom. The summed E-state index contributed by atoms with van der Waals surface area (Å²) in [6.07, 6.45) is 0. The molecular formula is C22H18N2O2. The summed E-state index contributed by atoms with van der Waals surface area (Å²) in [6, 6.07) is 20.9. The number of hydrogen-bond donors (Lipinski definition) is 1. The molecule has 0 fully saturated rings. The number of fused-ring (bicyclic) bond motifs is 1. The highest BCUT2D eigenvalue weighted by molar-refractivity contribution is 6.05. The maximum Gasteiger partial charge on any atom is 0.255 e. The highest BCUT2D eigenvalue weighted by Crippen LogP contribution is 2.30. The Labute approximate surface area is 151 Å². The van der Waals surface area contributed by atoms with Gasteiger partial charge in [-0.3, -0.25) is 4.79 Å². The van der Waals surface area contributed by atoms with Crippen LogP contribution in [0.3, 0.4) is 0 Å². The molecule has 0 aliphatic heterocycles. The third kappa shape index (κ3) is 2.97. The van der Waals surface area contributed by atoms with E-state index in [-0.39, 0.29) is 5.91 Å². The van der Waals surface area contributed by atoms with E-state index >= 15 is 0 Å². The van der Waals surface area contributed by atoms with Crippen LogP contribution in [0.4, 0.5) is 5.69 Å². The number of hydrogen-bond acceptors (Lipinski definition) is 3. The molecule has 4 rings (SSSR count). The second kappa shape index (κ2) is 6.48. The molecule has 0 aliphatic carbocycles. The Hall–Kier alpha value is -3.40. The summed E-state index contributed by atoms with van der Waals surface area (Å²) in [7, 11) is 0. The number of oxazole rings is 1. The quantitative estimate of drug-likeness (QED) is 0.545. The Morgan fingerprint density at radius 3 is 2.58 bits per heavy atom. The lowest BCUT2D eigenvalue weighted by Gasteiger charge is -2.11. The lowest BCUT2D eigenvalue weighted by Crippen LogP contribution is -2.13. The van der Waals surface area contributed by atoms with Crippen molar-refractivity contribution in [3.8, 4) is 11.5 Å². The van der Waals surface area contributed by atoms with Crippen molar-refractivity contribution in [3.05, 3.63) is 83.4 Å². The minimum Gasteiger partial charge on any atom is -0.436 e. The van der Waals surface area contributed by atoms with Gasteiger partial charge in [-0.05, 0) is 55.8 Å². The smallest absolute Gasteiger partial charge is 0.255 e. The number of aromatic nitrogens is 1. The molecule has 0 unspecified atom stereocenters. The standard InChI is InChI=1S/C22H18N2O2/c1-14-7-5-8-16(13-14)21(25)23-18-11-6-9-17(15(18)2)22-24-19-10-3-4-12-20(19)26-22/h3-13H,1-2H3,(H,23,25). The maximum absolute atomic E-state index is 12.6. The van der Waals surface area contributed by atoms with Gasteiger partial charge in [0.05, 0.1) is 0 Å². The van der Waals surface area contributed by atoms with Gasteiger partial charge < -0.3 is 9.73 Å². The molecule has 3 aromatic carbocycles. The van der Waals surface area contributed by atoms with Crippen LogP contribution in [0.2, 0.25) is 0 Å². The monoisotopic (exact) mass is 342 g/mol. The van der Waals surface area contributed by atoms with Gasteiger partial charge in [-0.25, -0.2) is 4.98 Å². The van der Waals surface area contributed by atoms with E-state index in [4.69, 9.17) is 4.42 Å². The van der Waals surface area contributed by atoms with E-state index in [1.54, 1.807) is 0 Å². The van der Waals surface area contributed by atoms with Crippen LogP contribution in [0.25, 0.3) is 22.6 Å². The predicted molar refractivity (Wildman–Crippen MR) is 103 cm³/mol. The Bertz CT molecular complexity index is 1080. The third-order valence-electron chi connectivity index (χ3n) is 4.39. The number of benzene rings is 3. The molecular weight excluding hydrogens is 324 g/mol. The van der Waals surface area contributed by atoms with Crippen molar-refractivity contribution in [2.45, 2.75) is 13.8 Å². The lowest BCUT2D eigenvalue weighted by molar-refractivity contribution is 0.102. The van der Waals surface area contributed by atoms with Gasteiger partial charge in [-0.15, -0.1) is 0 Å². The van der Waals surface area contributed by atoms with E-state index in [1.807, 2.05) is 80.6 Å². The Balaban J connectivity index is 1.68. The van der Waals surface area contributed by atoms with Crippen LogP contribution in [0.15, 0.2) is 71.1 Å². The first-order valence-corrected chi connectivity index (χ1v) is 8.45. The summed E-state index contributed by atoms with van der Waals surface area (Å²) in [4.78, 5) is 17.1. The summed E-state index contributed by atoms with van der Waals surface area (Å²) in [6.45, 7) is 3.92. The summed E-state index contributed by atoms with van der Waals surface area (Å²) in [5.74, 6) is 0.418. The second-order valence-electron chi connectivity index (χ2n) is 6.29. The van der Waals surface area contributed by atoms with Crippen LogP contribution in [0, 0.1) is 13.8 Å². The summed E-state index contributed by atoms with van der Waals surface area (Å²) < 4.78 is 5.87. The zero-order valence-electron chi connectivity index (χ0n) is 14.6. The molecule has 0 saturated carbocycles. The fraction of sp³-hybridized carbons (Fsp3) is 0.0909. The highest BCUT2D eigenvalue weighted by Gasteiger charge is 2.14. The maximum atomic E-state index is 12.6. The number of anilines is 1. The number of aryl methyl sites for hydroxylation is 1. The van der Waals surface area contributed by atoms with E-state index in [0.717, 1.165) is 33.5 Å². The molecule has 26 heavy (non-hydrogen) atoms. The number of amides is 1. The predicted octanol–water partition coefficient (Wildman–Crippen LogP) is 5.36. The molecule has 4 aromatic rings. The molecule has 4 heteroatoms. The average Bonchev–Trinajstić information content (AvgIpc) is 3.07. The first kappa shape index (κ1) is 16.1. The van der Waals surface area contributed by atoms with E-state index in [0.29, 0.717) is 11.5 Å². The van der Waals surface area contributed by atoms with Gasteiger partial charge in [0.15, 0.2) is 5.58 Å². The van der Waals surface area contributed by atoms with Crippen LogP contribution in [0.1, 0.15) is 21.5 Å². The van der Waals surface area contributed by atoms with Crippen LogP contribution >= 0.6 is 0 Å². The average molecular weight is 342 g/mol. The van der Waals surface area contributed by atoms with Crippen molar-refractivity contribution < 1.29 is 9.21 Å². The van der Waals surface area contributed by atoms with E-state index in [1.165, 1.54) is 0 Å². The number of carbonyl (C=O) groups is 1. The first-order valence-electron chi connectivity index (χ1n) is 8.45. The van der Waals surface area contributed by atoms with Crippen molar-refractivity contribution in [2.24, 2.45) is 0 Å². The van der Waals surface area contributed by atoms with Gasteiger partial charge >= 0.3 is 0 Å². The molecule has 1 N–H and O–H groups in total. The van der Waals surface area contributed by atoms with Gasteiger partial charge in [-0.1, -0.05) is 35.9 Å². The molecule has 128 valence electrons. The minimum absolute atomic E-state index is 0.133. The highest BCUT2D eigenvalue weighted by atomic mass is 16.3. The summed E-state index contributed by atoms with van der Waals surface area (Å²) in [5.41, 5.74) is 5.78. The van der Waals surface area contributed by atoms with Crippen molar-refractivity contribution in [1.82, 2.24) is 4.98 Å². The molecule has 0 aliphatic rings. The SMILES string of the molecule is Cc1cccc(C(=O)Nc2cccc(-c3nc4ccccc4o3)c2C)c1. The largest absolute Gasteiger partial charge is 0.436 e. The van der Waals surface area contributed by atoms with Crippen LogP contribution in [-0.4, -0.2) is 10.9 Å². The molecule has 0 bridgehead atoms. The first-order chi connectivity index (χ1) is 12.6. The number of nitrogens with zero attached hydrogens (tertiary/aromatic N) is 1. The second-order valence-corrected chi connectivity index (χ2v) is 6.29. The Morgan fingerprint density at radius 2 is 1.77 bits per heavy atom. The number of nitrogens with one attached hydrogen (secondary N) is 1. The van der Waals surface area contributed by atoms with Crippen LogP contribution in [0.5, 0.6) is 0 Å². The van der Waals surface area contributed by atoms with Crippen molar-refractivity contribution in [1.29, 1.82) is 0 Å². The fourth-order valence-electron chi connectivity index (χ4n) is 2.97. The molecule has 0 atom stereocenters. The minimum atomic E-state index is -0.133. The van der Waals surface area contributed by atoms with Gasteiger partial charge in [0.2, 0.25) is 5.89 Å². The summed E-state index contributed by atoms with van der Waals surface area (Å²) in [5, 5.41) is 2.99. The zero-order valence-corrected chi connectivity index (χ0v) is 14.6. The van der Waals surface area contributed by atoms with Gasteiger partial charge in [0.25, 0.3) is 5.91 Å². The molecule has 1 amide bonds. The van der Waals surface area contributed by atoms with Gasteiger partial charge in [0.1, 0.15) is 5.52 Å². The van der Waals surface area contributed by atoms with E-state index in [2.05, 4.69) is 10.3 Å². The topological polar surface area (TPSA) is 55.1 Å². The third-order valence-corrected chi connectivity index (χ3v) is 4.39. The van der Waals surface area contributed by atoms with Gasteiger partial charge in [0, 0.05) is 16.8 Å². The molecule has 0 radical (unpaired) electrons. The van der Waals surface area contributed by atoms with Crippen molar-refractivity contribution in [2.75, 3.05) is 5.32 Å². The summed E-state index contributed by atoms with van der Waals surface area (Å²) >= 11 is 0. The van der Waals surface area contributed by atoms with Crippen molar-refractivity contribution >= 4 is 22.7 Å². The normalized spacial score (nSPS) is 10.8. The molecule has 4 nitrogen and oxygen atoms in total. The van der Waals surface area contributed by atoms with Crippen LogP contribution in [-0.2, 0) is 0 Å². The fourth-order valence-corrected chi connectivity index (χ4v) is 2.97. The molecule has 0 spiro atoms. The Kier molecular flexibility index (Phi) is 4.01. The van der Waals surface area contributed by atoms with E-state index in [9.17, 15) is 4.79 Å². The van der Waals surface area contributed by atoms with Crippen molar-refractivity contribution in [3.63, 3.8) is 0 Å². The zero-order chi connectivity index (χ0) is 18.1. The number of carbonyl (C=O) groups excluding carboxylic acids is 1. The van der Waals surface area contributed by atoms with Crippen LogP contribution < -0.4 is 5.32 Å². The van der Waals surface area contributed by atoms with E-state index < -0.39 is 0 Å². The van der Waals surface area contributed by atoms with Gasteiger partial charge in [-0.2, -0.15) is 0 Å². The molecule has 0 saturated heterocycles. The molecule has 1 aromatic heterocycles.